The minimum Gasteiger partial charge on any atom is -0.412 e. The fourth-order valence-electron chi connectivity index (χ4n) is 0. The maximum absolute atomic E-state index is 7.63. The molecule has 0 rings (SSSR count). The topological polar surface area (TPSA) is 51.7 Å². The zero-order valence-electron chi connectivity index (χ0n) is 2.65. The van der Waals surface area contributed by atoms with Crippen molar-refractivity contribution in [2.45, 2.75) is 0 Å². The van der Waals surface area contributed by atoms with Crippen molar-refractivity contribution in [1.82, 2.24) is 0 Å². The van der Waals surface area contributed by atoms with Gasteiger partial charge in [-0.15, -0.1) is 0 Å². The van der Waals surface area contributed by atoms with Gasteiger partial charge in [-0.25, -0.2) is 0 Å². The maximum Gasteiger partial charge on any atom is 0.0349 e. The van der Waals surface area contributed by atoms with E-state index >= 15 is 0 Å². The molecule has 0 fully saturated rings. The summed E-state index contributed by atoms with van der Waals surface area (Å²) in [4.78, 5) is 0. The highest BCUT2D eigenvalue weighted by Crippen LogP contribution is 1.15. The van der Waals surface area contributed by atoms with Gasteiger partial charge in [0.15, 0.2) is 0 Å². The predicted octanol–water partition coefficient (Wildman–Crippen LogP) is -2.52. The number of aliphatic hydroxyl groups is 1. The van der Waals surface area contributed by atoms with Crippen LogP contribution >= 0.6 is 0 Å². The summed E-state index contributed by atoms with van der Waals surface area (Å²) in [5.41, 5.74) is 0. The Morgan fingerprint density at radius 1 is 1.75 bits per heavy atom. The molecule has 0 saturated heterocycles. The number of aliphatic hydroxyl groups excluding tert-OH is 1. The zero-order valence-corrected chi connectivity index (χ0v) is 4.65. The van der Waals surface area contributed by atoms with E-state index in [9.17, 15) is 0 Å². The molecular formula is CH8O2Si. The summed E-state index contributed by atoms with van der Waals surface area (Å²) >= 11 is 0. The van der Waals surface area contributed by atoms with E-state index in [2.05, 4.69) is 0 Å². The highest BCUT2D eigenvalue weighted by atomic mass is 28.1. The monoisotopic (exact) mass is 80.0 g/mol. The van der Waals surface area contributed by atoms with Crippen LogP contribution in [0.25, 0.3) is 0 Å². The summed E-state index contributed by atoms with van der Waals surface area (Å²) in [7, 11) is 0.924. The highest BCUT2D eigenvalue weighted by molar-refractivity contribution is 6.07. The van der Waals surface area contributed by atoms with Crippen molar-refractivity contribution in [3.63, 3.8) is 0 Å². The summed E-state index contributed by atoms with van der Waals surface area (Å²) in [6.07, 6.45) is 0.389. The van der Waals surface area contributed by atoms with E-state index in [1.165, 1.54) is 0 Å². The van der Waals surface area contributed by atoms with Gasteiger partial charge in [0.1, 0.15) is 0 Å². The molecule has 3 N–H and O–H groups in total. The zero-order chi connectivity index (χ0) is 2.71. The second-order valence-electron chi connectivity index (χ2n) is 0.316. The lowest BCUT2D eigenvalue weighted by molar-refractivity contribution is 0.369. The Kier molecular flexibility index (Phi) is 24.7. The summed E-state index contributed by atoms with van der Waals surface area (Å²) in [5.74, 6) is 0. The van der Waals surface area contributed by atoms with Crippen LogP contribution in [0.1, 0.15) is 0 Å². The SMILES string of the molecule is O.OC[SiH3]. The van der Waals surface area contributed by atoms with Gasteiger partial charge in [-0.3, -0.25) is 0 Å². The van der Waals surface area contributed by atoms with Gasteiger partial charge in [0, 0.05) is 16.5 Å². The summed E-state index contributed by atoms with van der Waals surface area (Å²) in [6.45, 7) is 0. The van der Waals surface area contributed by atoms with E-state index in [-0.39, 0.29) is 5.48 Å². The van der Waals surface area contributed by atoms with Gasteiger partial charge in [-0.05, 0) is 0 Å². The Bertz CT molecular complexity index is 6.00. The molecule has 0 atom stereocenters. The quantitative estimate of drug-likeness (QED) is 0.321. The molecule has 2 nitrogen and oxygen atoms in total. The second-order valence-corrected chi connectivity index (χ2v) is 0.949. The van der Waals surface area contributed by atoms with Crippen LogP contribution in [0.4, 0.5) is 0 Å². The van der Waals surface area contributed by atoms with Crippen molar-refractivity contribution in [2.75, 3.05) is 6.23 Å². The highest BCUT2D eigenvalue weighted by Gasteiger charge is 1.35. The van der Waals surface area contributed by atoms with Crippen LogP contribution in [0, 0.1) is 0 Å². The lowest BCUT2D eigenvalue weighted by Gasteiger charge is -1.52. The normalized spacial score (nSPS) is 5.25. The number of rotatable bonds is 0. The van der Waals surface area contributed by atoms with Crippen LogP contribution in [0.5, 0.6) is 0 Å². The van der Waals surface area contributed by atoms with Crippen molar-refractivity contribution in [3.8, 4) is 0 Å². The summed E-state index contributed by atoms with van der Waals surface area (Å²) in [6, 6.07) is 0. The van der Waals surface area contributed by atoms with E-state index in [4.69, 9.17) is 5.11 Å². The van der Waals surface area contributed by atoms with Gasteiger partial charge in [-0.2, -0.15) is 0 Å². The molecule has 0 bridgehead atoms. The van der Waals surface area contributed by atoms with Gasteiger partial charge in [-0.1, -0.05) is 0 Å². The Hall–Kier alpha value is 0.137. The van der Waals surface area contributed by atoms with Gasteiger partial charge in [0.05, 0.1) is 0 Å². The molecule has 0 aromatic heterocycles. The van der Waals surface area contributed by atoms with E-state index in [1.807, 2.05) is 0 Å². The Morgan fingerprint density at radius 3 is 1.75 bits per heavy atom. The number of hydrogen-bond donors (Lipinski definition) is 1. The Labute approximate surface area is 28.2 Å². The first-order chi connectivity index (χ1) is 1.41. The van der Waals surface area contributed by atoms with Gasteiger partial charge >= 0.3 is 0 Å². The Morgan fingerprint density at radius 2 is 1.75 bits per heavy atom. The van der Waals surface area contributed by atoms with E-state index in [0.29, 0.717) is 6.23 Å². The first-order valence-electron chi connectivity index (χ1n) is 1.02. The molecule has 28 valence electrons. The lowest BCUT2D eigenvalue weighted by atomic mass is 11.7. The molecule has 0 aromatic carbocycles. The van der Waals surface area contributed by atoms with Crippen molar-refractivity contribution in [1.29, 1.82) is 0 Å². The van der Waals surface area contributed by atoms with Crippen LogP contribution in [-0.4, -0.2) is 27.1 Å². The molecule has 0 amide bonds. The minimum absolute atomic E-state index is 0. The molecular weight excluding hydrogens is 72.1 g/mol. The van der Waals surface area contributed by atoms with E-state index in [1.54, 1.807) is 0 Å². The van der Waals surface area contributed by atoms with Crippen molar-refractivity contribution < 1.29 is 10.6 Å². The molecule has 0 spiro atoms. The van der Waals surface area contributed by atoms with E-state index in [0.717, 1.165) is 10.2 Å². The van der Waals surface area contributed by atoms with Crippen LogP contribution in [0.3, 0.4) is 0 Å². The van der Waals surface area contributed by atoms with Crippen LogP contribution in [0.2, 0.25) is 0 Å². The number of hydrogen-bond acceptors (Lipinski definition) is 1. The molecule has 0 aliphatic rings. The largest absolute Gasteiger partial charge is 0.412 e. The summed E-state index contributed by atoms with van der Waals surface area (Å²) < 4.78 is 0. The maximum atomic E-state index is 7.63. The molecule has 0 aromatic rings. The minimum atomic E-state index is 0. The van der Waals surface area contributed by atoms with Gasteiger partial charge < -0.3 is 10.6 Å². The molecule has 4 heavy (non-hydrogen) atoms. The van der Waals surface area contributed by atoms with Crippen molar-refractivity contribution >= 4 is 10.2 Å². The predicted molar refractivity (Wildman–Crippen MR) is 20.6 cm³/mol. The van der Waals surface area contributed by atoms with Crippen molar-refractivity contribution in [2.24, 2.45) is 0 Å². The average molecular weight is 80.2 g/mol. The Balaban J connectivity index is 0. The van der Waals surface area contributed by atoms with Crippen LogP contribution < -0.4 is 0 Å². The first-order valence-corrected chi connectivity index (χ1v) is 2.44. The van der Waals surface area contributed by atoms with Gasteiger partial charge in [0.2, 0.25) is 0 Å². The fourth-order valence-corrected chi connectivity index (χ4v) is 0. The van der Waals surface area contributed by atoms with Crippen molar-refractivity contribution in [3.05, 3.63) is 0 Å². The molecule has 0 aliphatic carbocycles. The fraction of sp³-hybridized carbons (Fsp3) is 1.00. The first kappa shape index (κ1) is 8.91. The molecule has 3 heteroatoms. The van der Waals surface area contributed by atoms with E-state index < -0.39 is 0 Å². The molecule has 0 aliphatic heterocycles. The second kappa shape index (κ2) is 11.1. The molecule has 0 radical (unpaired) electrons. The smallest absolute Gasteiger partial charge is 0.0349 e. The third-order valence-corrected chi connectivity index (χ3v) is 0. The average Bonchev–Trinajstić information content (AvgIpc) is 0.918. The summed E-state index contributed by atoms with van der Waals surface area (Å²) in [5, 5.41) is 7.63. The third-order valence-electron chi connectivity index (χ3n) is 0. The molecule has 0 heterocycles. The molecule has 0 saturated carbocycles. The standard InChI is InChI=1S/CH6OSi.H2O/c2-1-3;/h2H,1H2,3H3;1H2. The molecule has 0 unspecified atom stereocenters. The third kappa shape index (κ3) is 147. The lowest BCUT2D eigenvalue weighted by Crippen LogP contribution is -1.69. The van der Waals surface area contributed by atoms with Crippen LogP contribution in [0.15, 0.2) is 0 Å². The van der Waals surface area contributed by atoms with Crippen LogP contribution in [-0.2, 0) is 0 Å². The van der Waals surface area contributed by atoms with Gasteiger partial charge in [0.25, 0.3) is 0 Å².